The van der Waals surface area contributed by atoms with Crippen molar-refractivity contribution < 1.29 is 0 Å². The number of hydrogen-bond acceptors (Lipinski definition) is 2. The third kappa shape index (κ3) is 1.80. The fourth-order valence-corrected chi connectivity index (χ4v) is 2.81. The quantitative estimate of drug-likeness (QED) is 0.629. The maximum atomic E-state index is 5.40. The van der Waals surface area contributed by atoms with E-state index in [2.05, 4.69) is 23.1 Å². The minimum absolute atomic E-state index is 0.406. The summed E-state index contributed by atoms with van der Waals surface area (Å²) in [4.78, 5) is 2.45. The lowest BCUT2D eigenvalue weighted by Crippen LogP contribution is -2.62. The molecule has 0 bridgehead atoms. The van der Waals surface area contributed by atoms with Gasteiger partial charge in [0.15, 0.2) is 0 Å². The summed E-state index contributed by atoms with van der Waals surface area (Å²) in [5.41, 5.74) is 0.406. The van der Waals surface area contributed by atoms with Gasteiger partial charge >= 0.3 is 0 Å². The van der Waals surface area contributed by atoms with E-state index in [1.165, 1.54) is 25.7 Å². The summed E-state index contributed by atoms with van der Waals surface area (Å²) >= 11 is 0. The number of rotatable bonds is 1. The summed E-state index contributed by atoms with van der Waals surface area (Å²) in [6.07, 6.45) is 10.8. The molecular weight excluding hydrogens is 172 g/mol. The first-order valence-electron chi connectivity index (χ1n) is 5.68. The van der Waals surface area contributed by atoms with Crippen LogP contribution in [0.1, 0.15) is 32.6 Å². The van der Waals surface area contributed by atoms with E-state index in [0.717, 1.165) is 19.6 Å². The highest BCUT2D eigenvalue weighted by Crippen LogP contribution is 2.32. The average molecular weight is 192 g/mol. The molecule has 78 valence electrons. The van der Waals surface area contributed by atoms with Gasteiger partial charge in [-0.25, -0.2) is 0 Å². The topological polar surface area (TPSA) is 15.3 Å². The largest absolute Gasteiger partial charge is 0.308 e. The smallest absolute Gasteiger partial charge is 0.0602 e. The van der Waals surface area contributed by atoms with Gasteiger partial charge in [-0.2, -0.15) is 0 Å². The Morgan fingerprint density at radius 1 is 1.50 bits per heavy atom. The first-order chi connectivity index (χ1) is 6.76. The van der Waals surface area contributed by atoms with Crippen molar-refractivity contribution in [1.29, 1.82) is 0 Å². The van der Waals surface area contributed by atoms with Gasteiger partial charge in [-0.1, -0.05) is 18.8 Å². The Labute approximate surface area is 87.1 Å². The lowest BCUT2D eigenvalue weighted by molar-refractivity contribution is 0.102. The van der Waals surface area contributed by atoms with Gasteiger partial charge in [0.1, 0.15) is 0 Å². The highest BCUT2D eigenvalue weighted by atomic mass is 15.2. The number of nitrogens with one attached hydrogen (secondary N) is 1. The molecule has 1 aliphatic heterocycles. The van der Waals surface area contributed by atoms with Crippen LogP contribution in [0.2, 0.25) is 0 Å². The monoisotopic (exact) mass is 192 g/mol. The van der Waals surface area contributed by atoms with E-state index in [0.29, 0.717) is 11.6 Å². The van der Waals surface area contributed by atoms with Crippen LogP contribution in [0.25, 0.3) is 0 Å². The highest BCUT2D eigenvalue weighted by Gasteiger charge is 2.39. The Kier molecular flexibility index (Phi) is 2.80. The van der Waals surface area contributed by atoms with E-state index in [9.17, 15) is 0 Å². The summed E-state index contributed by atoms with van der Waals surface area (Å²) in [5.74, 6) is 2.77. The Hall–Kier alpha value is -0.520. The minimum Gasteiger partial charge on any atom is -0.308 e. The zero-order chi connectivity index (χ0) is 10.0. The SMILES string of the molecule is C#CCN1CC2(CCCC2)NCC1C. The van der Waals surface area contributed by atoms with Crippen molar-refractivity contribution >= 4 is 0 Å². The average Bonchev–Trinajstić information content (AvgIpc) is 2.61. The molecule has 0 aromatic carbocycles. The number of terminal acetylenes is 1. The van der Waals surface area contributed by atoms with Gasteiger partial charge in [-0.15, -0.1) is 6.42 Å². The molecule has 1 saturated heterocycles. The molecule has 1 saturated carbocycles. The van der Waals surface area contributed by atoms with Crippen LogP contribution in [0.5, 0.6) is 0 Å². The number of piperazine rings is 1. The summed E-state index contributed by atoms with van der Waals surface area (Å²) in [6.45, 7) is 5.32. The zero-order valence-electron chi connectivity index (χ0n) is 9.05. The maximum absolute atomic E-state index is 5.40. The molecule has 0 amide bonds. The van der Waals surface area contributed by atoms with Gasteiger partial charge in [0.05, 0.1) is 6.54 Å². The van der Waals surface area contributed by atoms with Crippen molar-refractivity contribution in [1.82, 2.24) is 10.2 Å². The molecule has 1 unspecified atom stereocenters. The molecule has 0 aromatic rings. The summed E-state index contributed by atoms with van der Waals surface area (Å²) < 4.78 is 0. The van der Waals surface area contributed by atoms with Gasteiger partial charge in [0.25, 0.3) is 0 Å². The van der Waals surface area contributed by atoms with E-state index >= 15 is 0 Å². The van der Waals surface area contributed by atoms with Crippen molar-refractivity contribution in [2.45, 2.75) is 44.2 Å². The Morgan fingerprint density at radius 2 is 2.21 bits per heavy atom. The van der Waals surface area contributed by atoms with E-state index in [1.807, 2.05) is 0 Å². The third-order valence-corrected chi connectivity index (χ3v) is 3.76. The Balaban J connectivity index is 2.01. The van der Waals surface area contributed by atoms with Gasteiger partial charge in [-0.3, -0.25) is 4.90 Å². The molecule has 1 heterocycles. The molecule has 1 atom stereocenters. The predicted octanol–water partition coefficient (Wildman–Crippen LogP) is 1.23. The second-order valence-corrected chi connectivity index (χ2v) is 4.83. The van der Waals surface area contributed by atoms with E-state index in [4.69, 9.17) is 6.42 Å². The second-order valence-electron chi connectivity index (χ2n) is 4.83. The molecule has 0 aromatic heterocycles. The van der Waals surface area contributed by atoms with Crippen molar-refractivity contribution in [3.63, 3.8) is 0 Å². The van der Waals surface area contributed by atoms with Gasteiger partial charge in [0, 0.05) is 24.7 Å². The molecule has 2 fully saturated rings. The molecule has 2 nitrogen and oxygen atoms in total. The van der Waals surface area contributed by atoms with Gasteiger partial charge in [-0.05, 0) is 19.8 Å². The molecule has 1 spiro atoms. The molecule has 2 heteroatoms. The van der Waals surface area contributed by atoms with Crippen LogP contribution in [0.15, 0.2) is 0 Å². The van der Waals surface area contributed by atoms with Crippen molar-refractivity contribution in [3.8, 4) is 12.3 Å². The van der Waals surface area contributed by atoms with E-state index in [-0.39, 0.29) is 0 Å². The van der Waals surface area contributed by atoms with Crippen LogP contribution >= 0.6 is 0 Å². The Morgan fingerprint density at radius 3 is 2.86 bits per heavy atom. The molecular formula is C12H20N2. The standard InChI is InChI=1S/C12H20N2/c1-3-8-14-10-12(6-4-5-7-12)13-9-11(14)2/h1,11,13H,4-10H2,2H3. The van der Waals surface area contributed by atoms with Gasteiger partial charge in [0.2, 0.25) is 0 Å². The third-order valence-electron chi connectivity index (χ3n) is 3.76. The maximum Gasteiger partial charge on any atom is 0.0602 e. The molecule has 1 aliphatic carbocycles. The number of nitrogens with zero attached hydrogens (tertiary/aromatic N) is 1. The lowest BCUT2D eigenvalue weighted by atomic mass is 9.93. The van der Waals surface area contributed by atoms with E-state index in [1.54, 1.807) is 0 Å². The zero-order valence-corrected chi connectivity index (χ0v) is 9.05. The van der Waals surface area contributed by atoms with Gasteiger partial charge < -0.3 is 5.32 Å². The van der Waals surface area contributed by atoms with Crippen molar-refractivity contribution in [2.24, 2.45) is 0 Å². The fraction of sp³-hybridized carbons (Fsp3) is 0.833. The first kappa shape index (κ1) is 10.0. The normalized spacial score (nSPS) is 31.9. The number of hydrogen-bond donors (Lipinski definition) is 1. The molecule has 14 heavy (non-hydrogen) atoms. The summed E-state index contributed by atoms with van der Waals surface area (Å²) in [7, 11) is 0. The summed E-state index contributed by atoms with van der Waals surface area (Å²) in [6, 6.07) is 0.595. The van der Waals surface area contributed by atoms with Crippen molar-refractivity contribution in [3.05, 3.63) is 0 Å². The van der Waals surface area contributed by atoms with Crippen LogP contribution < -0.4 is 5.32 Å². The fourth-order valence-electron chi connectivity index (χ4n) is 2.81. The van der Waals surface area contributed by atoms with Crippen LogP contribution in [0.4, 0.5) is 0 Å². The predicted molar refractivity (Wildman–Crippen MR) is 59.1 cm³/mol. The van der Waals surface area contributed by atoms with Crippen LogP contribution in [-0.2, 0) is 0 Å². The lowest BCUT2D eigenvalue weighted by Gasteiger charge is -2.44. The van der Waals surface area contributed by atoms with Crippen molar-refractivity contribution in [2.75, 3.05) is 19.6 Å². The van der Waals surface area contributed by atoms with E-state index < -0.39 is 0 Å². The van der Waals surface area contributed by atoms with Crippen LogP contribution in [0, 0.1) is 12.3 Å². The molecule has 0 radical (unpaired) electrons. The minimum atomic E-state index is 0.406. The molecule has 2 aliphatic rings. The van der Waals surface area contributed by atoms with Crippen LogP contribution in [0.3, 0.4) is 0 Å². The molecule has 1 N–H and O–H groups in total. The molecule has 2 rings (SSSR count). The summed E-state index contributed by atoms with van der Waals surface area (Å²) in [5, 5.41) is 3.72. The first-order valence-corrected chi connectivity index (χ1v) is 5.68. The highest BCUT2D eigenvalue weighted by molar-refractivity contribution is 5.02. The second kappa shape index (κ2) is 3.92. The van der Waals surface area contributed by atoms with Crippen LogP contribution in [-0.4, -0.2) is 36.1 Å². The Bertz CT molecular complexity index is 235.